The molecule has 0 aromatic heterocycles. The van der Waals surface area contributed by atoms with Gasteiger partial charge in [0.15, 0.2) is 6.10 Å². The summed E-state index contributed by atoms with van der Waals surface area (Å²) in [5, 5.41) is 3.56. The fraction of sp³-hybridized carbons (Fsp3) is 0.278. The molecular formula is C18H20ClNO2. The molecule has 4 heteroatoms. The molecule has 1 atom stereocenters. The Kier molecular flexibility index (Phi) is 5.45. The van der Waals surface area contributed by atoms with Crippen molar-refractivity contribution in [3.05, 3.63) is 58.6 Å². The van der Waals surface area contributed by atoms with Crippen molar-refractivity contribution in [1.82, 2.24) is 0 Å². The molecule has 0 fully saturated rings. The van der Waals surface area contributed by atoms with Gasteiger partial charge in [0.1, 0.15) is 5.75 Å². The van der Waals surface area contributed by atoms with Gasteiger partial charge < -0.3 is 10.1 Å². The molecule has 1 amide bonds. The molecule has 116 valence electrons. The molecule has 2 aromatic carbocycles. The molecule has 0 saturated heterocycles. The molecule has 0 aliphatic heterocycles. The molecule has 3 nitrogen and oxygen atoms in total. The van der Waals surface area contributed by atoms with Crippen molar-refractivity contribution in [3.63, 3.8) is 0 Å². The van der Waals surface area contributed by atoms with Gasteiger partial charge >= 0.3 is 0 Å². The average molecular weight is 318 g/mol. The zero-order valence-electron chi connectivity index (χ0n) is 13.0. The van der Waals surface area contributed by atoms with Crippen LogP contribution in [0.4, 0.5) is 5.69 Å². The second-order valence-corrected chi connectivity index (χ2v) is 5.67. The van der Waals surface area contributed by atoms with E-state index in [0.717, 1.165) is 22.6 Å². The smallest absolute Gasteiger partial charge is 0.265 e. The number of benzene rings is 2. The summed E-state index contributed by atoms with van der Waals surface area (Å²) in [4.78, 5) is 12.4. The summed E-state index contributed by atoms with van der Waals surface area (Å²) in [6, 6.07) is 13.1. The minimum absolute atomic E-state index is 0.156. The SMILES string of the molecule is CCC(Oc1ccccc1C)C(=O)Nc1ccc(Cl)cc1C. The molecule has 1 N–H and O–H groups in total. The van der Waals surface area contributed by atoms with Crippen molar-refractivity contribution in [3.8, 4) is 5.75 Å². The molecule has 0 saturated carbocycles. The van der Waals surface area contributed by atoms with Crippen molar-refractivity contribution in [2.24, 2.45) is 0 Å². The van der Waals surface area contributed by atoms with Crippen LogP contribution in [0.5, 0.6) is 5.75 Å². The fourth-order valence-electron chi connectivity index (χ4n) is 2.14. The highest BCUT2D eigenvalue weighted by Crippen LogP contribution is 2.22. The fourth-order valence-corrected chi connectivity index (χ4v) is 2.37. The van der Waals surface area contributed by atoms with Gasteiger partial charge in [0, 0.05) is 10.7 Å². The number of nitrogens with one attached hydrogen (secondary N) is 1. The lowest BCUT2D eigenvalue weighted by Crippen LogP contribution is -2.32. The predicted molar refractivity (Wildman–Crippen MR) is 90.7 cm³/mol. The first-order valence-corrected chi connectivity index (χ1v) is 7.68. The van der Waals surface area contributed by atoms with Gasteiger partial charge in [-0.1, -0.05) is 36.7 Å². The number of anilines is 1. The zero-order chi connectivity index (χ0) is 16.1. The topological polar surface area (TPSA) is 38.3 Å². The third kappa shape index (κ3) is 4.01. The summed E-state index contributed by atoms with van der Waals surface area (Å²) in [6.07, 6.45) is 0.0588. The maximum Gasteiger partial charge on any atom is 0.265 e. The summed E-state index contributed by atoms with van der Waals surface area (Å²) in [5.74, 6) is 0.577. The van der Waals surface area contributed by atoms with E-state index in [4.69, 9.17) is 16.3 Å². The number of hydrogen-bond acceptors (Lipinski definition) is 2. The van der Waals surface area contributed by atoms with Crippen molar-refractivity contribution >= 4 is 23.2 Å². The standard InChI is InChI=1S/C18H20ClNO2/c1-4-16(22-17-8-6-5-7-12(17)2)18(21)20-15-10-9-14(19)11-13(15)3/h5-11,16H,4H2,1-3H3,(H,20,21). The lowest BCUT2D eigenvalue weighted by atomic mass is 10.1. The van der Waals surface area contributed by atoms with Crippen LogP contribution in [-0.2, 0) is 4.79 Å². The number of amides is 1. The maximum absolute atomic E-state index is 12.4. The van der Waals surface area contributed by atoms with Crippen LogP contribution in [0.3, 0.4) is 0 Å². The van der Waals surface area contributed by atoms with Gasteiger partial charge in [-0.25, -0.2) is 0 Å². The molecule has 22 heavy (non-hydrogen) atoms. The maximum atomic E-state index is 12.4. The average Bonchev–Trinajstić information content (AvgIpc) is 2.49. The number of ether oxygens (including phenoxy) is 1. The Balaban J connectivity index is 2.10. The van der Waals surface area contributed by atoms with Crippen molar-refractivity contribution in [2.45, 2.75) is 33.3 Å². The van der Waals surface area contributed by atoms with Gasteiger partial charge in [-0.2, -0.15) is 0 Å². The highest BCUT2D eigenvalue weighted by Gasteiger charge is 2.19. The highest BCUT2D eigenvalue weighted by atomic mass is 35.5. The Morgan fingerprint density at radius 1 is 1.18 bits per heavy atom. The molecule has 2 aromatic rings. The molecule has 0 bridgehead atoms. The minimum atomic E-state index is -0.531. The van der Waals surface area contributed by atoms with Crippen molar-refractivity contribution in [2.75, 3.05) is 5.32 Å². The largest absolute Gasteiger partial charge is 0.480 e. The van der Waals surface area contributed by atoms with Crippen LogP contribution in [0.2, 0.25) is 5.02 Å². The number of aryl methyl sites for hydroxylation is 2. The van der Waals surface area contributed by atoms with Gasteiger partial charge in [0.05, 0.1) is 0 Å². The normalized spacial score (nSPS) is 11.8. The van der Waals surface area contributed by atoms with Crippen LogP contribution in [-0.4, -0.2) is 12.0 Å². The Morgan fingerprint density at radius 2 is 1.91 bits per heavy atom. The van der Waals surface area contributed by atoms with Gasteiger partial charge in [-0.3, -0.25) is 4.79 Å². The predicted octanol–water partition coefficient (Wildman–Crippen LogP) is 4.75. The first-order valence-electron chi connectivity index (χ1n) is 7.30. The van der Waals surface area contributed by atoms with E-state index in [-0.39, 0.29) is 5.91 Å². The van der Waals surface area contributed by atoms with Crippen LogP contribution in [0.25, 0.3) is 0 Å². The van der Waals surface area contributed by atoms with Crippen LogP contribution < -0.4 is 10.1 Å². The molecular weight excluding hydrogens is 298 g/mol. The van der Waals surface area contributed by atoms with Gasteiger partial charge in [-0.05, 0) is 55.7 Å². The monoisotopic (exact) mass is 317 g/mol. The quantitative estimate of drug-likeness (QED) is 0.864. The van der Waals surface area contributed by atoms with E-state index in [2.05, 4.69) is 5.32 Å². The zero-order valence-corrected chi connectivity index (χ0v) is 13.8. The summed E-state index contributed by atoms with van der Waals surface area (Å²) < 4.78 is 5.85. The third-order valence-corrected chi connectivity index (χ3v) is 3.71. The molecule has 0 aliphatic carbocycles. The first kappa shape index (κ1) is 16.4. The van der Waals surface area contributed by atoms with E-state index < -0.39 is 6.10 Å². The molecule has 0 radical (unpaired) electrons. The number of hydrogen-bond donors (Lipinski definition) is 1. The van der Waals surface area contributed by atoms with Crippen molar-refractivity contribution < 1.29 is 9.53 Å². The van der Waals surface area contributed by atoms with Gasteiger partial charge in [0.2, 0.25) is 0 Å². The minimum Gasteiger partial charge on any atom is -0.480 e. The first-order chi connectivity index (χ1) is 10.5. The summed E-state index contributed by atoms with van der Waals surface area (Å²) in [6.45, 7) is 5.80. The number of rotatable bonds is 5. The van der Waals surface area contributed by atoms with E-state index >= 15 is 0 Å². The number of carbonyl (C=O) groups is 1. The molecule has 1 unspecified atom stereocenters. The molecule has 2 rings (SSSR count). The third-order valence-electron chi connectivity index (χ3n) is 3.47. The number of carbonyl (C=O) groups excluding carboxylic acids is 1. The van der Waals surface area contributed by atoms with Crippen LogP contribution >= 0.6 is 11.6 Å². The second kappa shape index (κ2) is 7.32. The Labute approximate surface area is 136 Å². The van der Waals surface area contributed by atoms with E-state index in [0.29, 0.717) is 11.4 Å². The van der Waals surface area contributed by atoms with Gasteiger partial charge in [-0.15, -0.1) is 0 Å². The van der Waals surface area contributed by atoms with Crippen LogP contribution in [0, 0.1) is 13.8 Å². The summed E-state index contributed by atoms with van der Waals surface area (Å²) in [7, 11) is 0. The second-order valence-electron chi connectivity index (χ2n) is 5.23. The summed E-state index contributed by atoms with van der Waals surface area (Å²) in [5.41, 5.74) is 2.68. The molecule has 0 heterocycles. The van der Waals surface area contributed by atoms with Crippen molar-refractivity contribution in [1.29, 1.82) is 0 Å². The molecule has 0 spiro atoms. The lowest BCUT2D eigenvalue weighted by molar-refractivity contribution is -0.122. The Morgan fingerprint density at radius 3 is 2.55 bits per heavy atom. The summed E-state index contributed by atoms with van der Waals surface area (Å²) >= 11 is 5.93. The van der Waals surface area contributed by atoms with E-state index in [9.17, 15) is 4.79 Å². The number of para-hydroxylation sites is 1. The van der Waals surface area contributed by atoms with Crippen LogP contribution in [0.1, 0.15) is 24.5 Å². The Bertz CT molecular complexity index is 670. The lowest BCUT2D eigenvalue weighted by Gasteiger charge is -2.19. The van der Waals surface area contributed by atoms with E-state index in [1.165, 1.54) is 0 Å². The van der Waals surface area contributed by atoms with Crippen LogP contribution in [0.15, 0.2) is 42.5 Å². The van der Waals surface area contributed by atoms with E-state index in [1.807, 2.05) is 51.1 Å². The highest BCUT2D eigenvalue weighted by molar-refractivity contribution is 6.30. The Hall–Kier alpha value is -2.00. The number of halogens is 1. The molecule has 0 aliphatic rings. The van der Waals surface area contributed by atoms with Gasteiger partial charge in [0.25, 0.3) is 5.91 Å². The van der Waals surface area contributed by atoms with E-state index in [1.54, 1.807) is 12.1 Å².